The molecular formula is C29H31ClN6O2. The van der Waals surface area contributed by atoms with Gasteiger partial charge >= 0.3 is 0 Å². The number of halogens is 1. The summed E-state index contributed by atoms with van der Waals surface area (Å²) < 4.78 is 7.33. The summed E-state index contributed by atoms with van der Waals surface area (Å²) in [5.74, 6) is 0.111. The molecule has 8 nitrogen and oxygen atoms in total. The minimum atomic E-state index is -0.579. The van der Waals surface area contributed by atoms with Crippen LogP contribution < -0.4 is 5.32 Å². The van der Waals surface area contributed by atoms with Crippen LogP contribution in [0.2, 0.25) is 5.02 Å². The number of carbonyl (C=O) groups excluding carboxylic acids is 1. The highest BCUT2D eigenvalue weighted by molar-refractivity contribution is 6.30. The van der Waals surface area contributed by atoms with E-state index >= 15 is 0 Å². The molecule has 0 spiro atoms. The number of ether oxygens (including phenoxy) is 1. The number of nitrogens with zero attached hydrogens (tertiary/aromatic N) is 5. The molecule has 6 rings (SSSR count). The van der Waals surface area contributed by atoms with Crippen LogP contribution in [0.5, 0.6) is 0 Å². The Hall–Kier alpha value is -3.25. The molecule has 3 aromatic rings. The number of aromatic nitrogens is 3. The van der Waals surface area contributed by atoms with Crippen LogP contribution in [0, 0.1) is 11.3 Å². The Balaban J connectivity index is 1.15. The van der Waals surface area contributed by atoms with E-state index in [0.717, 1.165) is 81.9 Å². The van der Waals surface area contributed by atoms with Gasteiger partial charge in [-0.1, -0.05) is 11.6 Å². The molecule has 0 unspecified atom stereocenters. The van der Waals surface area contributed by atoms with E-state index in [0.29, 0.717) is 28.2 Å². The first-order valence-corrected chi connectivity index (χ1v) is 13.8. The smallest absolute Gasteiger partial charge is 0.259 e. The van der Waals surface area contributed by atoms with Crippen LogP contribution in [0.15, 0.2) is 48.8 Å². The van der Waals surface area contributed by atoms with Gasteiger partial charge in [-0.2, -0.15) is 10.4 Å². The molecule has 0 radical (unpaired) electrons. The number of rotatable bonds is 6. The normalized spacial score (nSPS) is 24.1. The largest absolute Gasteiger partial charge is 0.379 e. The number of amides is 1. The number of nitrogens with one attached hydrogen (secondary N) is 1. The highest BCUT2D eigenvalue weighted by Gasteiger charge is 2.40. The number of carbonyl (C=O) groups is 1. The second kappa shape index (κ2) is 10.5. The van der Waals surface area contributed by atoms with Crippen molar-refractivity contribution in [2.24, 2.45) is 0 Å². The molecule has 196 valence electrons. The minimum Gasteiger partial charge on any atom is -0.379 e. The van der Waals surface area contributed by atoms with Crippen molar-refractivity contribution >= 4 is 23.2 Å². The fourth-order valence-electron chi connectivity index (χ4n) is 5.85. The van der Waals surface area contributed by atoms with Gasteiger partial charge in [-0.15, -0.1) is 0 Å². The summed E-state index contributed by atoms with van der Waals surface area (Å²) in [5.41, 5.74) is 3.19. The van der Waals surface area contributed by atoms with Crippen molar-refractivity contribution in [3.8, 4) is 11.8 Å². The van der Waals surface area contributed by atoms with Gasteiger partial charge in [0.25, 0.3) is 5.91 Å². The zero-order chi connectivity index (χ0) is 26.1. The summed E-state index contributed by atoms with van der Waals surface area (Å²) in [5, 5.41) is 18.3. The number of hydrogen-bond donors (Lipinski definition) is 1. The van der Waals surface area contributed by atoms with E-state index in [4.69, 9.17) is 16.3 Å². The SMILES string of the molecule is N#CC1(c2ccc(NC(=O)c3cnn(-c4ccc(Cl)cc4)c3C3CC3)cn2)CCC(N2CCOCC2)CC1. The molecule has 3 heterocycles. The lowest BCUT2D eigenvalue weighted by Gasteiger charge is -2.41. The van der Waals surface area contributed by atoms with Crippen LogP contribution in [0.25, 0.3) is 5.69 Å². The molecule has 2 aliphatic carbocycles. The van der Waals surface area contributed by atoms with E-state index in [2.05, 4.69) is 26.4 Å². The van der Waals surface area contributed by atoms with Crippen molar-refractivity contribution in [1.29, 1.82) is 5.26 Å². The van der Waals surface area contributed by atoms with E-state index in [1.165, 1.54) is 0 Å². The minimum absolute atomic E-state index is 0.206. The molecule has 9 heteroatoms. The maximum Gasteiger partial charge on any atom is 0.259 e. The van der Waals surface area contributed by atoms with Crippen LogP contribution in [0.4, 0.5) is 5.69 Å². The fourth-order valence-corrected chi connectivity index (χ4v) is 5.97. The summed E-state index contributed by atoms with van der Waals surface area (Å²) in [6.07, 6.45) is 8.93. The Morgan fingerprint density at radius 1 is 1.05 bits per heavy atom. The molecule has 3 aliphatic rings. The number of pyridine rings is 1. The third kappa shape index (κ3) is 4.94. The molecular weight excluding hydrogens is 500 g/mol. The predicted molar refractivity (Wildman–Crippen MR) is 145 cm³/mol. The average molecular weight is 531 g/mol. The third-order valence-corrected chi connectivity index (χ3v) is 8.43. The lowest BCUT2D eigenvalue weighted by Crippen LogP contribution is -2.47. The zero-order valence-corrected chi connectivity index (χ0v) is 22.0. The topological polar surface area (TPSA) is 96.1 Å². The number of nitriles is 1. The monoisotopic (exact) mass is 530 g/mol. The van der Waals surface area contributed by atoms with Crippen molar-refractivity contribution in [1.82, 2.24) is 19.7 Å². The van der Waals surface area contributed by atoms with Gasteiger partial charge in [0.2, 0.25) is 0 Å². The quantitative estimate of drug-likeness (QED) is 0.477. The van der Waals surface area contributed by atoms with E-state index in [-0.39, 0.29) is 5.91 Å². The van der Waals surface area contributed by atoms with Crippen LogP contribution in [0.3, 0.4) is 0 Å². The molecule has 1 aliphatic heterocycles. The van der Waals surface area contributed by atoms with Crippen molar-refractivity contribution in [2.45, 2.75) is 55.9 Å². The second-order valence-corrected chi connectivity index (χ2v) is 11.0. The molecule has 38 heavy (non-hydrogen) atoms. The number of morpholine rings is 1. The van der Waals surface area contributed by atoms with E-state index < -0.39 is 5.41 Å². The maximum atomic E-state index is 13.3. The first kappa shape index (κ1) is 25.1. The lowest BCUT2D eigenvalue weighted by atomic mass is 9.71. The average Bonchev–Trinajstić information content (AvgIpc) is 3.71. The summed E-state index contributed by atoms with van der Waals surface area (Å²) in [6, 6.07) is 14.3. The highest BCUT2D eigenvalue weighted by Crippen LogP contribution is 2.43. The number of anilines is 1. The van der Waals surface area contributed by atoms with E-state index in [1.54, 1.807) is 12.4 Å². The van der Waals surface area contributed by atoms with Gasteiger partial charge in [0.15, 0.2) is 0 Å². The molecule has 3 fully saturated rings. The van der Waals surface area contributed by atoms with Gasteiger partial charge in [0.05, 0.1) is 65.4 Å². The Morgan fingerprint density at radius 3 is 2.42 bits per heavy atom. The second-order valence-electron chi connectivity index (χ2n) is 10.6. The molecule has 1 amide bonds. The van der Waals surface area contributed by atoms with Gasteiger partial charge in [-0.05, 0) is 74.9 Å². The molecule has 2 saturated carbocycles. The van der Waals surface area contributed by atoms with Crippen LogP contribution in [0.1, 0.15) is 66.2 Å². The molecule has 0 bridgehead atoms. The summed E-state index contributed by atoms with van der Waals surface area (Å²) in [4.78, 5) is 20.4. The van der Waals surface area contributed by atoms with E-state index in [1.807, 2.05) is 41.1 Å². The Morgan fingerprint density at radius 2 is 1.79 bits per heavy atom. The van der Waals surface area contributed by atoms with Crippen molar-refractivity contribution in [2.75, 3.05) is 31.6 Å². The summed E-state index contributed by atoms with van der Waals surface area (Å²) >= 11 is 6.05. The number of hydrogen-bond acceptors (Lipinski definition) is 6. The lowest BCUT2D eigenvalue weighted by molar-refractivity contribution is 0.00493. The van der Waals surface area contributed by atoms with Crippen molar-refractivity contribution in [3.63, 3.8) is 0 Å². The first-order chi connectivity index (χ1) is 18.6. The number of benzene rings is 1. The molecule has 0 atom stereocenters. The van der Waals surface area contributed by atoms with Gasteiger partial charge in [-0.3, -0.25) is 14.7 Å². The van der Waals surface area contributed by atoms with E-state index in [9.17, 15) is 10.1 Å². The predicted octanol–water partition coefficient (Wildman–Crippen LogP) is 5.09. The maximum absolute atomic E-state index is 13.3. The van der Waals surface area contributed by atoms with Crippen LogP contribution in [-0.2, 0) is 10.2 Å². The van der Waals surface area contributed by atoms with Crippen LogP contribution in [-0.4, -0.2) is 57.9 Å². The first-order valence-electron chi connectivity index (χ1n) is 13.4. The van der Waals surface area contributed by atoms with Gasteiger partial charge < -0.3 is 10.1 Å². The van der Waals surface area contributed by atoms with Crippen molar-refractivity contribution in [3.05, 3.63) is 70.8 Å². The fraction of sp³-hybridized carbons (Fsp3) is 0.448. The van der Waals surface area contributed by atoms with Gasteiger partial charge in [0, 0.05) is 30.1 Å². The third-order valence-electron chi connectivity index (χ3n) is 8.18. The Kier molecular flexibility index (Phi) is 6.91. The van der Waals surface area contributed by atoms with Gasteiger partial charge in [0.1, 0.15) is 0 Å². The Labute approximate surface area is 227 Å². The highest BCUT2D eigenvalue weighted by atomic mass is 35.5. The summed E-state index contributed by atoms with van der Waals surface area (Å²) in [6.45, 7) is 3.52. The van der Waals surface area contributed by atoms with Gasteiger partial charge in [-0.25, -0.2) is 4.68 Å². The molecule has 1 saturated heterocycles. The molecule has 1 aromatic carbocycles. The molecule has 2 aromatic heterocycles. The summed E-state index contributed by atoms with van der Waals surface area (Å²) in [7, 11) is 0. The zero-order valence-electron chi connectivity index (χ0n) is 21.3. The standard InChI is InChI=1S/C29H31ClN6O2/c30-21-3-6-24(7-4-21)36-27(20-1-2-20)25(18-33-36)28(37)34-22-5-8-26(32-17-22)29(19-31)11-9-23(10-12-29)35-13-15-38-16-14-35/h3-8,17-18,20,23H,1-2,9-16H2,(H,34,37). The Bertz CT molecular complexity index is 1330. The molecule has 1 N–H and O–H groups in total. The van der Waals surface area contributed by atoms with Crippen LogP contribution >= 0.6 is 11.6 Å². The van der Waals surface area contributed by atoms with Crippen molar-refractivity contribution < 1.29 is 9.53 Å².